The summed E-state index contributed by atoms with van der Waals surface area (Å²) in [5.41, 5.74) is 4.62. The Labute approximate surface area is 156 Å². The molecule has 0 saturated carbocycles. The van der Waals surface area contributed by atoms with Crippen molar-refractivity contribution in [1.82, 2.24) is 10.7 Å². The number of benzene rings is 2. The lowest BCUT2D eigenvalue weighted by molar-refractivity contribution is -0.133. The second-order valence-corrected chi connectivity index (χ2v) is 6.57. The number of hydrogen-bond donors (Lipinski definition) is 4. The molecule has 2 atom stereocenters. The molecule has 2 unspecified atom stereocenters. The fraction of sp³-hybridized carbons (Fsp3) is 0.250. The monoisotopic (exact) mass is 367 g/mol. The minimum absolute atomic E-state index is 0.0143. The standard InChI is InChI=1S/C20H21N3O4/c1-11-8-16(24)12(2)18(25)14(11)10-22-23-20(27)17-15(9-21-19(17)26)13-6-4-3-5-7-13/h3-8,10,15,17,24-25H,9H2,1-2H3,(H,21,26)(H,23,27)/b22-10+. The summed E-state index contributed by atoms with van der Waals surface area (Å²) in [6.07, 6.45) is 1.30. The van der Waals surface area contributed by atoms with Gasteiger partial charge in [0.25, 0.3) is 5.91 Å². The first-order chi connectivity index (χ1) is 12.9. The van der Waals surface area contributed by atoms with E-state index in [9.17, 15) is 19.8 Å². The van der Waals surface area contributed by atoms with Crippen molar-refractivity contribution in [1.29, 1.82) is 0 Å². The molecule has 1 saturated heterocycles. The van der Waals surface area contributed by atoms with E-state index in [1.165, 1.54) is 12.3 Å². The number of hydrazone groups is 1. The van der Waals surface area contributed by atoms with Gasteiger partial charge in [-0.25, -0.2) is 5.43 Å². The second kappa shape index (κ2) is 7.49. The Morgan fingerprint density at radius 1 is 1.26 bits per heavy atom. The molecule has 3 rings (SSSR count). The first kappa shape index (κ1) is 18.4. The number of amides is 2. The molecule has 2 aromatic carbocycles. The Kier molecular flexibility index (Phi) is 5.12. The molecule has 0 radical (unpaired) electrons. The van der Waals surface area contributed by atoms with Gasteiger partial charge in [-0.3, -0.25) is 9.59 Å². The summed E-state index contributed by atoms with van der Waals surface area (Å²) in [6.45, 7) is 3.67. The van der Waals surface area contributed by atoms with Crippen LogP contribution in [0.3, 0.4) is 0 Å². The molecule has 0 aliphatic carbocycles. The number of nitrogens with one attached hydrogen (secondary N) is 2. The summed E-state index contributed by atoms with van der Waals surface area (Å²) < 4.78 is 0. The molecule has 1 aliphatic rings. The molecular weight excluding hydrogens is 346 g/mol. The molecule has 2 aromatic rings. The van der Waals surface area contributed by atoms with Crippen LogP contribution in [0, 0.1) is 19.8 Å². The summed E-state index contributed by atoms with van der Waals surface area (Å²) in [5.74, 6) is -2.11. The minimum Gasteiger partial charge on any atom is -0.508 e. The maximum Gasteiger partial charge on any atom is 0.253 e. The lowest BCUT2D eigenvalue weighted by atomic mass is 9.88. The van der Waals surface area contributed by atoms with Crippen molar-refractivity contribution in [3.63, 3.8) is 0 Å². The molecule has 0 bridgehead atoms. The van der Waals surface area contributed by atoms with E-state index in [4.69, 9.17) is 0 Å². The normalized spacial score (nSPS) is 19.3. The zero-order chi connectivity index (χ0) is 19.6. The highest BCUT2D eigenvalue weighted by Crippen LogP contribution is 2.31. The third-order valence-corrected chi connectivity index (χ3v) is 4.83. The molecule has 7 nitrogen and oxygen atoms in total. The Morgan fingerprint density at radius 2 is 1.96 bits per heavy atom. The number of carbonyl (C=O) groups excluding carboxylic acids is 2. The van der Waals surface area contributed by atoms with Crippen LogP contribution in [0.25, 0.3) is 0 Å². The highest BCUT2D eigenvalue weighted by Gasteiger charge is 2.40. The molecule has 0 aromatic heterocycles. The van der Waals surface area contributed by atoms with Crippen molar-refractivity contribution in [3.05, 3.63) is 58.7 Å². The molecule has 1 heterocycles. The zero-order valence-electron chi connectivity index (χ0n) is 15.1. The topological polar surface area (TPSA) is 111 Å². The smallest absolute Gasteiger partial charge is 0.253 e. The van der Waals surface area contributed by atoms with Crippen molar-refractivity contribution >= 4 is 18.0 Å². The van der Waals surface area contributed by atoms with Crippen LogP contribution in [-0.2, 0) is 9.59 Å². The molecule has 1 aliphatic heterocycles. The molecule has 2 amide bonds. The number of hydrogen-bond acceptors (Lipinski definition) is 5. The van der Waals surface area contributed by atoms with Gasteiger partial charge >= 0.3 is 0 Å². The fourth-order valence-corrected chi connectivity index (χ4v) is 3.23. The lowest BCUT2D eigenvalue weighted by Gasteiger charge is -2.15. The van der Waals surface area contributed by atoms with Gasteiger partial charge in [0.2, 0.25) is 5.91 Å². The van der Waals surface area contributed by atoms with Crippen LogP contribution in [0.2, 0.25) is 0 Å². The summed E-state index contributed by atoms with van der Waals surface area (Å²) in [4.78, 5) is 24.7. The van der Waals surface area contributed by atoms with E-state index in [1.54, 1.807) is 13.8 Å². The van der Waals surface area contributed by atoms with Crippen molar-refractivity contribution < 1.29 is 19.8 Å². The van der Waals surface area contributed by atoms with Crippen LogP contribution >= 0.6 is 0 Å². The van der Waals surface area contributed by atoms with Gasteiger partial charge in [-0.05, 0) is 31.0 Å². The van der Waals surface area contributed by atoms with Crippen LogP contribution in [0.15, 0.2) is 41.5 Å². The fourth-order valence-electron chi connectivity index (χ4n) is 3.23. The van der Waals surface area contributed by atoms with Gasteiger partial charge in [0, 0.05) is 23.6 Å². The number of carbonyl (C=O) groups is 2. The Morgan fingerprint density at radius 3 is 2.67 bits per heavy atom. The van der Waals surface area contributed by atoms with Crippen molar-refractivity contribution in [2.45, 2.75) is 19.8 Å². The first-order valence-corrected chi connectivity index (χ1v) is 8.58. The number of phenolic OH excluding ortho intramolecular Hbond substituents is 2. The number of aryl methyl sites for hydroxylation is 1. The van der Waals surface area contributed by atoms with E-state index in [0.717, 1.165) is 5.56 Å². The van der Waals surface area contributed by atoms with Crippen LogP contribution in [0.1, 0.15) is 28.2 Å². The van der Waals surface area contributed by atoms with Gasteiger partial charge in [0.1, 0.15) is 17.4 Å². The van der Waals surface area contributed by atoms with E-state index in [1.807, 2.05) is 30.3 Å². The maximum absolute atomic E-state index is 12.5. The number of phenols is 2. The summed E-state index contributed by atoms with van der Waals surface area (Å²) in [5, 5.41) is 26.5. The summed E-state index contributed by atoms with van der Waals surface area (Å²) in [7, 11) is 0. The van der Waals surface area contributed by atoms with Gasteiger partial charge in [0.05, 0.1) is 6.21 Å². The summed E-state index contributed by atoms with van der Waals surface area (Å²) >= 11 is 0. The predicted octanol–water partition coefficient (Wildman–Crippen LogP) is 1.69. The highest BCUT2D eigenvalue weighted by molar-refractivity contribution is 6.03. The molecule has 140 valence electrons. The van der Waals surface area contributed by atoms with Crippen molar-refractivity contribution in [3.8, 4) is 11.5 Å². The largest absolute Gasteiger partial charge is 0.508 e. The molecule has 4 N–H and O–H groups in total. The lowest BCUT2D eigenvalue weighted by Crippen LogP contribution is -2.34. The average molecular weight is 367 g/mol. The van der Waals surface area contributed by atoms with Crippen LogP contribution < -0.4 is 10.7 Å². The number of aromatic hydroxyl groups is 2. The molecule has 7 heteroatoms. The van der Waals surface area contributed by atoms with E-state index < -0.39 is 11.8 Å². The number of rotatable bonds is 4. The van der Waals surface area contributed by atoms with E-state index in [-0.39, 0.29) is 23.3 Å². The second-order valence-electron chi connectivity index (χ2n) is 6.57. The van der Waals surface area contributed by atoms with Gasteiger partial charge in [-0.15, -0.1) is 0 Å². The average Bonchev–Trinajstić information content (AvgIpc) is 3.05. The quantitative estimate of drug-likeness (QED) is 0.374. The molecule has 27 heavy (non-hydrogen) atoms. The Bertz CT molecular complexity index is 909. The summed E-state index contributed by atoms with van der Waals surface area (Å²) in [6, 6.07) is 10.9. The van der Waals surface area contributed by atoms with E-state index in [2.05, 4.69) is 15.8 Å². The zero-order valence-corrected chi connectivity index (χ0v) is 15.1. The van der Waals surface area contributed by atoms with Crippen LogP contribution in [-0.4, -0.2) is 34.8 Å². The van der Waals surface area contributed by atoms with Gasteiger partial charge in [-0.2, -0.15) is 5.10 Å². The van der Waals surface area contributed by atoms with Crippen molar-refractivity contribution in [2.24, 2.45) is 11.0 Å². The van der Waals surface area contributed by atoms with Crippen molar-refractivity contribution in [2.75, 3.05) is 6.54 Å². The Balaban J connectivity index is 1.76. The minimum atomic E-state index is -0.874. The SMILES string of the molecule is Cc1cc(O)c(C)c(O)c1/C=N/NC(=O)C1C(=O)NCC1c1ccccc1. The van der Waals surface area contributed by atoms with E-state index >= 15 is 0 Å². The highest BCUT2D eigenvalue weighted by atomic mass is 16.3. The number of nitrogens with zero attached hydrogens (tertiary/aromatic N) is 1. The third-order valence-electron chi connectivity index (χ3n) is 4.83. The van der Waals surface area contributed by atoms with Gasteiger partial charge in [-0.1, -0.05) is 30.3 Å². The van der Waals surface area contributed by atoms with Crippen LogP contribution in [0.4, 0.5) is 0 Å². The van der Waals surface area contributed by atoms with E-state index in [0.29, 0.717) is 23.2 Å². The van der Waals surface area contributed by atoms with Gasteiger partial charge in [0.15, 0.2) is 0 Å². The van der Waals surface area contributed by atoms with Crippen LogP contribution in [0.5, 0.6) is 11.5 Å². The first-order valence-electron chi connectivity index (χ1n) is 8.58. The predicted molar refractivity (Wildman–Crippen MR) is 101 cm³/mol. The third kappa shape index (κ3) is 3.62. The Hall–Kier alpha value is -3.35. The molecule has 0 spiro atoms. The maximum atomic E-state index is 12.5. The van der Waals surface area contributed by atoms with Gasteiger partial charge < -0.3 is 15.5 Å². The molecule has 1 fully saturated rings. The molecular formula is C20H21N3O4.